The molecule has 102 valence electrons. The summed E-state index contributed by atoms with van der Waals surface area (Å²) in [5.41, 5.74) is -0.848. The summed E-state index contributed by atoms with van der Waals surface area (Å²) >= 11 is 0. The number of nitro groups is 1. The Kier molecular flexibility index (Phi) is 5.11. The average molecular weight is 270 g/mol. The van der Waals surface area contributed by atoms with Gasteiger partial charge in [0.15, 0.2) is 0 Å². The van der Waals surface area contributed by atoms with E-state index in [-0.39, 0.29) is 11.5 Å². The number of amides is 1. The third-order valence-corrected chi connectivity index (χ3v) is 2.25. The third-order valence-electron chi connectivity index (χ3n) is 2.25. The van der Waals surface area contributed by atoms with Crippen molar-refractivity contribution in [2.45, 2.75) is 13.3 Å². The van der Waals surface area contributed by atoms with Crippen LogP contribution < -0.4 is 5.32 Å². The van der Waals surface area contributed by atoms with Crippen molar-refractivity contribution >= 4 is 17.7 Å². The molecule has 0 aliphatic heterocycles. The lowest BCUT2D eigenvalue weighted by atomic mass is 10.1. The molecule has 5 nitrogen and oxygen atoms in total. The first-order valence-electron chi connectivity index (χ1n) is 5.46. The standard InChI is InChI=1S/C12H12F2N2O3/c1-8(17)15-5-3-2-4-9-6-12(16(18)19)11(14)7-10(9)13/h2,4,6-7H,3,5H2,1H3,(H,15,17). The van der Waals surface area contributed by atoms with Gasteiger partial charge < -0.3 is 5.32 Å². The normalized spacial score (nSPS) is 10.7. The van der Waals surface area contributed by atoms with Crippen LogP contribution in [-0.4, -0.2) is 17.4 Å². The molecule has 0 unspecified atom stereocenters. The van der Waals surface area contributed by atoms with Gasteiger partial charge in [-0.2, -0.15) is 4.39 Å². The summed E-state index contributed by atoms with van der Waals surface area (Å²) in [6, 6.07) is 1.31. The molecule has 0 saturated carbocycles. The van der Waals surface area contributed by atoms with Gasteiger partial charge in [-0.25, -0.2) is 4.39 Å². The van der Waals surface area contributed by atoms with Crippen molar-refractivity contribution < 1.29 is 18.5 Å². The molecule has 19 heavy (non-hydrogen) atoms. The second-order valence-corrected chi connectivity index (χ2v) is 3.76. The Morgan fingerprint density at radius 2 is 2.11 bits per heavy atom. The molecule has 0 heterocycles. The molecule has 1 amide bonds. The van der Waals surface area contributed by atoms with E-state index >= 15 is 0 Å². The SMILES string of the molecule is CC(=O)NCCC=Cc1cc([N+](=O)[O-])c(F)cc1F. The first-order chi connectivity index (χ1) is 8.91. The van der Waals surface area contributed by atoms with E-state index in [1.165, 1.54) is 19.1 Å². The molecule has 1 aromatic carbocycles. The highest BCUT2D eigenvalue weighted by molar-refractivity contribution is 5.72. The van der Waals surface area contributed by atoms with Crippen LogP contribution in [0.1, 0.15) is 18.9 Å². The molecule has 0 spiro atoms. The first-order valence-corrected chi connectivity index (χ1v) is 5.46. The second kappa shape index (κ2) is 6.58. The number of carbonyl (C=O) groups excluding carboxylic acids is 1. The van der Waals surface area contributed by atoms with Gasteiger partial charge >= 0.3 is 5.69 Å². The van der Waals surface area contributed by atoms with Crippen molar-refractivity contribution in [1.82, 2.24) is 5.32 Å². The van der Waals surface area contributed by atoms with Gasteiger partial charge in [-0.15, -0.1) is 0 Å². The highest BCUT2D eigenvalue weighted by atomic mass is 19.1. The molecule has 1 aromatic rings. The van der Waals surface area contributed by atoms with E-state index in [1.807, 2.05) is 0 Å². The lowest BCUT2D eigenvalue weighted by molar-refractivity contribution is -0.387. The number of rotatable bonds is 5. The van der Waals surface area contributed by atoms with E-state index in [0.717, 1.165) is 6.07 Å². The molecular formula is C12H12F2N2O3. The highest BCUT2D eigenvalue weighted by Gasteiger charge is 2.17. The number of nitrogens with one attached hydrogen (secondary N) is 1. The summed E-state index contributed by atoms with van der Waals surface area (Å²) in [6.07, 6.45) is 3.28. The molecule has 0 saturated heterocycles. The zero-order valence-electron chi connectivity index (χ0n) is 10.2. The number of hydrogen-bond donors (Lipinski definition) is 1. The Balaban J connectivity index is 2.77. The van der Waals surface area contributed by atoms with Crippen LogP contribution in [0.25, 0.3) is 6.08 Å². The van der Waals surface area contributed by atoms with Gasteiger partial charge in [0, 0.05) is 31.2 Å². The number of hydrogen-bond acceptors (Lipinski definition) is 3. The second-order valence-electron chi connectivity index (χ2n) is 3.76. The molecule has 1 N–H and O–H groups in total. The summed E-state index contributed by atoms with van der Waals surface area (Å²) in [5.74, 6) is -2.27. The van der Waals surface area contributed by atoms with Gasteiger partial charge in [-0.1, -0.05) is 12.2 Å². The van der Waals surface area contributed by atoms with Crippen LogP contribution in [-0.2, 0) is 4.79 Å². The minimum atomic E-state index is -1.21. The number of benzene rings is 1. The molecular weight excluding hydrogens is 258 g/mol. The molecule has 0 bridgehead atoms. The van der Waals surface area contributed by atoms with Gasteiger partial charge in [0.1, 0.15) is 5.82 Å². The monoisotopic (exact) mass is 270 g/mol. The van der Waals surface area contributed by atoms with Gasteiger partial charge in [0.05, 0.1) is 4.92 Å². The quantitative estimate of drug-likeness (QED) is 0.507. The fraction of sp³-hybridized carbons (Fsp3) is 0.250. The van der Waals surface area contributed by atoms with Gasteiger partial charge in [0.25, 0.3) is 0 Å². The molecule has 0 radical (unpaired) electrons. The van der Waals surface area contributed by atoms with Gasteiger partial charge in [-0.3, -0.25) is 14.9 Å². The molecule has 1 rings (SSSR count). The van der Waals surface area contributed by atoms with Crippen LogP contribution in [0.5, 0.6) is 0 Å². The Morgan fingerprint density at radius 1 is 1.42 bits per heavy atom. The molecule has 0 aromatic heterocycles. The predicted octanol–water partition coefficient (Wildman–Crippen LogP) is 2.41. The van der Waals surface area contributed by atoms with E-state index in [9.17, 15) is 23.7 Å². The van der Waals surface area contributed by atoms with Gasteiger partial charge in [-0.05, 0) is 6.42 Å². The van der Waals surface area contributed by atoms with Crippen LogP contribution >= 0.6 is 0 Å². The number of carbonyl (C=O) groups is 1. The van der Waals surface area contributed by atoms with E-state index in [1.54, 1.807) is 0 Å². The Morgan fingerprint density at radius 3 is 2.68 bits per heavy atom. The lowest BCUT2D eigenvalue weighted by Gasteiger charge is -2.00. The summed E-state index contributed by atoms with van der Waals surface area (Å²) in [6.45, 7) is 1.74. The summed E-state index contributed by atoms with van der Waals surface area (Å²) < 4.78 is 26.4. The Hall–Kier alpha value is -2.31. The van der Waals surface area contributed by atoms with Crippen molar-refractivity contribution in [2.75, 3.05) is 6.54 Å². The van der Waals surface area contributed by atoms with E-state index in [2.05, 4.69) is 5.32 Å². The fourth-order valence-corrected chi connectivity index (χ4v) is 1.36. The molecule has 7 heteroatoms. The van der Waals surface area contributed by atoms with Crippen LogP contribution in [0.15, 0.2) is 18.2 Å². The molecule has 0 aliphatic rings. The smallest absolute Gasteiger partial charge is 0.305 e. The summed E-state index contributed by atoms with van der Waals surface area (Å²) in [4.78, 5) is 20.2. The van der Waals surface area contributed by atoms with Crippen LogP contribution in [0.3, 0.4) is 0 Å². The minimum absolute atomic E-state index is 0.0732. The molecule has 0 fully saturated rings. The van der Waals surface area contributed by atoms with E-state index in [4.69, 9.17) is 0 Å². The zero-order chi connectivity index (χ0) is 14.4. The van der Waals surface area contributed by atoms with E-state index in [0.29, 0.717) is 19.0 Å². The molecule has 0 aliphatic carbocycles. The van der Waals surface area contributed by atoms with Crippen molar-refractivity contribution in [3.05, 3.63) is 45.5 Å². The first kappa shape index (κ1) is 14.7. The van der Waals surface area contributed by atoms with E-state index < -0.39 is 22.2 Å². The maximum absolute atomic E-state index is 13.3. The highest BCUT2D eigenvalue weighted by Crippen LogP contribution is 2.22. The zero-order valence-corrected chi connectivity index (χ0v) is 10.2. The fourth-order valence-electron chi connectivity index (χ4n) is 1.36. The number of nitro benzene ring substituents is 1. The van der Waals surface area contributed by atoms with Crippen LogP contribution in [0, 0.1) is 21.7 Å². The maximum atomic E-state index is 13.3. The lowest BCUT2D eigenvalue weighted by Crippen LogP contribution is -2.20. The number of halogens is 2. The largest absolute Gasteiger partial charge is 0.356 e. The van der Waals surface area contributed by atoms with Crippen LogP contribution in [0.2, 0.25) is 0 Å². The third kappa shape index (κ3) is 4.46. The number of nitrogens with zero attached hydrogens (tertiary/aromatic N) is 1. The summed E-state index contributed by atoms with van der Waals surface area (Å²) in [5, 5.41) is 13.0. The van der Waals surface area contributed by atoms with Crippen molar-refractivity contribution in [2.24, 2.45) is 0 Å². The van der Waals surface area contributed by atoms with Crippen molar-refractivity contribution in [3.8, 4) is 0 Å². The predicted molar refractivity (Wildman–Crippen MR) is 65.3 cm³/mol. The van der Waals surface area contributed by atoms with Gasteiger partial charge in [0.2, 0.25) is 11.7 Å². The summed E-state index contributed by atoms with van der Waals surface area (Å²) in [7, 11) is 0. The average Bonchev–Trinajstić information content (AvgIpc) is 2.30. The van der Waals surface area contributed by atoms with Crippen LogP contribution in [0.4, 0.5) is 14.5 Å². The minimum Gasteiger partial charge on any atom is -0.356 e. The van der Waals surface area contributed by atoms with Crippen molar-refractivity contribution in [1.29, 1.82) is 0 Å². The Bertz CT molecular complexity index is 530. The maximum Gasteiger partial charge on any atom is 0.305 e. The topological polar surface area (TPSA) is 72.2 Å². The van der Waals surface area contributed by atoms with Crippen molar-refractivity contribution in [3.63, 3.8) is 0 Å². The Labute approximate surface area is 108 Å². The molecule has 0 atom stereocenters.